The number of hydrogen-bond donors (Lipinski definition) is 1. The Balaban J connectivity index is 1.81. The van der Waals surface area contributed by atoms with Crippen molar-refractivity contribution in [3.63, 3.8) is 0 Å². The van der Waals surface area contributed by atoms with Crippen LogP contribution in [-0.2, 0) is 0 Å². The molecule has 0 aliphatic carbocycles. The highest BCUT2D eigenvalue weighted by Crippen LogP contribution is 2.23. The van der Waals surface area contributed by atoms with Crippen LogP contribution in [0.5, 0.6) is 11.6 Å². The predicted octanol–water partition coefficient (Wildman–Crippen LogP) is 2.30. The molecule has 0 atom stereocenters. The molecule has 1 aromatic carbocycles. The lowest BCUT2D eigenvalue weighted by Gasteiger charge is -2.28. The van der Waals surface area contributed by atoms with Crippen LogP contribution in [0.15, 0.2) is 30.3 Å². The topological polar surface area (TPSA) is 50.3 Å². The van der Waals surface area contributed by atoms with E-state index in [1.54, 1.807) is 0 Å². The Kier molecular flexibility index (Phi) is 4.01. The third-order valence-corrected chi connectivity index (χ3v) is 3.49. The highest BCUT2D eigenvalue weighted by molar-refractivity contribution is 5.43. The van der Waals surface area contributed by atoms with Crippen molar-refractivity contribution in [1.29, 1.82) is 0 Å². The van der Waals surface area contributed by atoms with E-state index in [1.807, 2.05) is 37.3 Å². The lowest BCUT2D eigenvalue weighted by molar-refractivity contribution is 0.459. The molecule has 1 N–H and O–H groups in total. The highest BCUT2D eigenvalue weighted by atomic mass is 16.5. The van der Waals surface area contributed by atoms with Crippen LogP contribution < -0.4 is 15.0 Å². The maximum Gasteiger partial charge on any atom is 0.224 e. The SMILES string of the molecule is Cc1ccc(Oc2cc(N3CCNCC3)nc(C)n2)cc1. The Hall–Kier alpha value is -2.14. The predicted molar refractivity (Wildman–Crippen MR) is 83.1 cm³/mol. The molecule has 3 rings (SSSR count). The van der Waals surface area contributed by atoms with Crippen LogP contribution in [-0.4, -0.2) is 36.1 Å². The van der Waals surface area contributed by atoms with Gasteiger partial charge in [0.25, 0.3) is 0 Å². The fourth-order valence-corrected chi connectivity index (χ4v) is 2.36. The second-order valence-corrected chi connectivity index (χ2v) is 5.26. The number of hydrogen-bond acceptors (Lipinski definition) is 5. The van der Waals surface area contributed by atoms with Crippen LogP contribution in [0, 0.1) is 13.8 Å². The van der Waals surface area contributed by atoms with Crippen molar-refractivity contribution >= 4 is 5.82 Å². The van der Waals surface area contributed by atoms with E-state index in [1.165, 1.54) is 5.56 Å². The molecule has 1 aliphatic rings. The van der Waals surface area contributed by atoms with E-state index in [9.17, 15) is 0 Å². The summed E-state index contributed by atoms with van der Waals surface area (Å²) < 4.78 is 5.85. The molecule has 5 nitrogen and oxygen atoms in total. The average molecular weight is 284 g/mol. The molecule has 1 aromatic heterocycles. The normalized spacial score (nSPS) is 15.0. The maximum atomic E-state index is 5.85. The zero-order chi connectivity index (χ0) is 14.7. The lowest BCUT2D eigenvalue weighted by atomic mass is 10.2. The summed E-state index contributed by atoms with van der Waals surface area (Å²) in [5, 5.41) is 3.34. The number of rotatable bonds is 3. The van der Waals surface area contributed by atoms with E-state index in [4.69, 9.17) is 4.74 Å². The number of anilines is 1. The molecule has 0 amide bonds. The van der Waals surface area contributed by atoms with Crippen molar-refractivity contribution in [2.75, 3.05) is 31.1 Å². The van der Waals surface area contributed by atoms with Gasteiger partial charge in [-0.25, -0.2) is 4.98 Å². The molecular formula is C16H20N4O. The van der Waals surface area contributed by atoms with E-state index < -0.39 is 0 Å². The van der Waals surface area contributed by atoms with Crippen molar-refractivity contribution in [2.24, 2.45) is 0 Å². The number of ether oxygens (including phenoxy) is 1. The molecule has 5 heteroatoms. The van der Waals surface area contributed by atoms with Crippen molar-refractivity contribution < 1.29 is 4.74 Å². The van der Waals surface area contributed by atoms with Crippen molar-refractivity contribution in [3.05, 3.63) is 41.7 Å². The molecule has 0 bridgehead atoms. The van der Waals surface area contributed by atoms with Crippen LogP contribution in [0.4, 0.5) is 5.82 Å². The van der Waals surface area contributed by atoms with Gasteiger partial charge in [0.05, 0.1) is 0 Å². The van der Waals surface area contributed by atoms with E-state index in [2.05, 4.69) is 27.1 Å². The summed E-state index contributed by atoms with van der Waals surface area (Å²) in [6, 6.07) is 9.88. The summed E-state index contributed by atoms with van der Waals surface area (Å²) in [6.45, 7) is 7.84. The molecule has 0 radical (unpaired) electrons. The largest absolute Gasteiger partial charge is 0.439 e. The second-order valence-electron chi connectivity index (χ2n) is 5.26. The molecule has 0 unspecified atom stereocenters. The summed E-state index contributed by atoms with van der Waals surface area (Å²) in [4.78, 5) is 11.1. The smallest absolute Gasteiger partial charge is 0.224 e. The Morgan fingerprint density at radius 3 is 2.48 bits per heavy atom. The third-order valence-electron chi connectivity index (χ3n) is 3.49. The fraction of sp³-hybridized carbons (Fsp3) is 0.375. The lowest BCUT2D eigenvalue weighted by Crippen LogP contribution is -2.44. The minimum Gasteiger partial charge on any atom is -0.439 e. The molecule has 2 aromatic rings. The average Bonchev–Trinajstić information content (AvgIpc) is 2.50. The molecule has 1 saturated heterocycles. The van der Waals surface area contributed by atoms with E-state index in [0.717, 1.165) is 43.6 Å². The van der Waals surface area contributed by atoms with Gasteiger partial charge in [-0.15, -0.1) is 0 Å². The van der Waals surface area contributed by atoms with Gasteiger partial charge < -0.3 is 15.0 Å². The number of nitrogens with one attached hydrogen (secondary N) is 1. The first-order valence-electron chi connectivity index (χ1n) is 7.26. The second kappa shape index (κ2) is 6.10. The van der Waals surface area contributed by atoms with Crippen LogP contribution in [0.2, 0.25) is 0 Å². The summed E-state index contributed by atoms with van der Waals surface area (Å²) in [6.07, 6.45) is 0. The van der Waals surface area contributed by atoms with Gasteiger partial charge in [-0.1, -0.05) is 17.7 Å². The maximum absolute atomic E-state index is 5.85. The Morgan fingerprint density at radius 2 is 1.76 bits per heavy atom. The van der Waals surface area contributed by atoms with E-state index >= 15 is 0 Å². The fourth-order valence-electron chi connectivity index (χ4n) is 2.36. The van der Waals surface area contributed by atoms with Gasteiger partial charge in [0.1, 0.15) is 17.4 Å². The zero-order valence-electron chi connectivity index (χ0n) is 12.5. The third kappa shape index (κ3) is 3.49. The zero-order valence-corrected chi connectivity index (χ0v) is 12.5. The number of aromatic nitrogens is 2. The van der Waals surface area contributed by atoms with Crippen molar-refractivity contribution in [2.45, 2.75) is 13.8 Å². The van der Waals surface area contributed by atoms with Gasteiger partial charge in [-0.3, -0.25) is 0 Å². The number of piperazine rings is 1. The van der Waals surface area contributed by atoms with Gasteiger partial charge in [0.15, 0.2) is 0 Å². The van der Waals surface area contributed by atoms with E-state index in [0.29, 0.717) is 5.88 Å². The minimum absolute atomic E-state index is 0.597. The molecule has 1 aliphatic heterocycles. The van der Waals surface area contributed by atoms with Crippen LogP contribution >= 0.6 is 0 Å². The first-order chi connectivity index (χ1) is 10.2. The standard InChI is InChI=1S/C16H20N4O/c1-12-3-5-14(6-4-12)21-16-11-15(18-13(2)19-16)20-9-7-17-8-10-20/h3-6,11,17H,7-10H2,1-2H3. The number of nitrogens with zero attached hydrogens (tertiary/aromatic N) is 3. The first-order valence-corrected chi connectivity index (χ1v) is 7.26. The molecule has 21 heavy (non-hydrogen) atoms. The van der Waals surface area contributed by atoms with E-state index in [-0.39, 0.29) is 0 Å². The van der Waals surface area contributed by atoms with Crippen LogP contribution in [0.3, 0.4) is 0 Å². The minimum atomic E-state index is 0.597. The molecule has 2 heterocycles. The van der Waals surface area contributed by atoms with Crippen molar-refractivity contribution in [3.8, 4) is 11.6 Å². The quantitative estimate of drug-likeness (QED) is 0.937. The number of benzene rings is 1. The molecule has 110 valence electrons. The van der Waals surface area contributed by atoms with Crippen molar-refractivity contribution in [1.82, 2.24) is 15.3 Å². The number of aryl methyl sites for hydroxylation is 2. The Morgan fingerprint density at radius 1 is 1.05 bits per heavy atom. The molecule has 0 spiro atoms. The highest BCUT2D eigenvalue weighted by Gasteiger charge is 2.14. The molecule has 0 saturated carbocycles. The first kappa shape index (κ1) is 13.8. The Bertz CT molecular complexity index is 606. The van der Waals surface area contributed by atoms with Gasteiger partial charge in [-0.2, -0.15) is 4.98 Å². The monoisotopic (exact) mass is 284 g/mol. The summed E-state index contributed by atoms with van der Waals surface area (Å²) in [7, 11) is 0. The van der Waals surface area contributed by atoms with Gasteiger partial charge in [-0.05, 0) is 26.0 Å². The molecule has 1 fully saturated rings. The van der Waals surface area contributed by atoms with Gasteiger partial charge in [0, 0.05) is 32.2 Å². The summed E-state index contributed by atoms with van der Waals surface area (Å²) >= 11 is 0. The van der Waals surface area contributed by atoms with Crippen LogP contribution in [0.1, 0.15) is 11.4 Å². The Labute approximate surface area is 125 Å². The molecular weight excluding hydrogens is 264 g/mol. The van der Waals surface area contributed by atoms with Crippen LogP contribution in [0.25, 0.3) is 0 Å². The van der Waals surface area contributed by atoms with Gasteiger partial charge >= 0.3 is 0 Å². The summed E-state index contributed by atoms with van der Waals surface area (Å²) in [5.74, 6) is 3.06. The summed E-state index contributed by atoms with van der Waals surface area (Å²) in [5.41, 5.74) is 1.21. The van der Waals surface area contributed by atoms with Gasteiger partial charge in [0.2, 0.25) is 5.88 Å².